The van der Waals surface area contributed by atoms with E-state index in [-0.39, 0.29) is 5.91 Å². The van der Waals surface area contributed by atoms with Gasteiger partial charge in [0.1, 0.15) is 5.82 Å². The van der Waals surface area contributed by atoms with Gasteiger partial charge in [0.25, 0.3) is 5.91 Å². The number of amides is 1. The van der Waals surface area contributed by atoms with Gasteiger partial charge in [-0.25, -0.2) is 4.98 Å². The van der Waals surface area contributed by atoms with Crippen LogP contribution in [0.4, 0.5) is 11.5 Å². The van der Waals surface area contributed by atoms with Crippen molar-refractivity contribution >= 4 is 17.4 Å². The number of benzene rings is 2. The summed E-state index contributed by atoms with van der Waals surface area (Å²) in [6, 6.07) is 15.3. The lowest BCUT2D eigenvalue weighted by atomic mass is 10.1. The highest BCUT2D eigenvalue weighted by Crippen LogP contribution is 2.27. The van der Waals surface area contributed by atoms with Gasteiger partial charge >= 0.3 is 0 Å². The predicted octanol–water partition coefficient (Wildman–Crippen LogP) is 4.58. The van der Waals surface area contributed by atoms with Gasteiger partial charge in [0, 0.05) is 18.4 Å². The van der Waals surface area contributed by atoms with Crippen LogP contribution in [-0.4, -0.2) is 25.1 Å². The molecule has 3 aromatic rings. The quantitative estimate of drug-likeness (QED) is 0.617. The van der Waals surface area contributed by atoms with Gasteiger partial charge in [-0.3, -0.25) is 4.79 Å². The molecule has 2 aromatic carbocycles. The van der Waals surface area contributed by atoms with Crippen LogP contribution in [0.25, 0.3) is 0 Å². The molecule has 0 aliphatic rings. The van der Waals surface area contributed by atoms with Crippen molar-refractivity contribution in [1.29, 1.82) is 0 Å². The van der Waals surface area contributed by atoms with Crippen LogP contribution < -0.4 is 20.1 Å². The summed E-state index contributed by atoms with van der Waals surface area (Å²) in [6.45, 7) is 4.53. The van der Waals surface area contributed by atoms with E-state index in [1.54, 1.807) is 32.5 Å². The molecule has 0 radical (unpaired) electrons. The number of aromatic nitrogens is 1. The zero-order chi connectivity index (χ0) is 20.8. The van der Waals surface area contributed by atoms with Crippen LogP contribution in [0.5, 0.6) is 11.5 Å². The number of rotatable bonds is 7. The zero-order valence-electron chi connectivity index (χ0n) is 17.1. The van der Waals surface area contributed by atoms with Crippen molar-refractivity contribution in [3.63, 3.8) is 0 Å². The lowest BCUT2D eigenvalue weighted by Gasteiger charge is -2.11. The van der Waals surface area contributed by atoms with Gasteiger partial charge in [0.2, 0.25) is 0 Å². The van der Waals surface area contributed by atoms with E-state index in [1.807, 2.05) is 50.2 Å². The van der Waals surface area contributed by atoms with Gasteiger partial charge in [0.15, 0.2) is 11.5 Å². The second kappa shape index (κ2) is 9.10. The van der Waals surface area contributed by atoms with E-state index >= 15 is 0 Å². The first-order chi connectivity index (χ1) is 14.0. The number of hydrogen-bond acceptors (Lipinski definition) is 5. The van der Waals surface area contributed by atoms with Gasteiger partial charge in [-0.1, -0.05) is 18.2 Å². The van der Waals surface area contributed by atoms with E-state index in [2.05, 4.69) is 15.6 Å². The Morgan fingerprint density at radius 3 is 2.45 bits per heavy atom. The Labute approximate surface area is 170 Å². The van der Waals surface area contributed by atoms with Crippen LogP contribution in [0.3, 0.4) is 0 Å². The Morgan fingerprint density at radius 2 is 1.76 bits per heavy atom. The molecule has 0 bridgehead atoms. The van der Waals surface area contributed by atoms with E-state index in [0.29, 0.717) is 29.4 Å². The second-order valence-corrected chi connectivity index (χ2v) is 6.75. The highest BCUT2D eigenvalue weighted by molar-refractivity contribution is 6.04. The molecule has 0 fully saturated rings. The molecule has 0 spiro atoms. The third-order valence-electron chi connectivity index (χ3n) is 4.59. The summed E-state index contributed by atoms with van der Waals surface area (Å²) in [7, 11) is 3.22. The van der Waals surface area contributed by atoms with Gasteiger partial charge in [-0.2, -0.15) is 0 Å². The second-order valence-electron chi connectivity index (χ2n) is 6.75. The van der Waals surface area contributed by atoms with Gasteiger partial charge in [0.05, 0.1) is 19.8 Å². The van der Waals surface area contributed by atoms with E-state index in [1.165, 1.54) is 0 Å². The monoisotopic (exact) mass is 391 g/mol. The molecule has 0 saturated heterocycles. The Kier molecular flexibility index (Phi) is 6.34. The van der Waals surface area contributed by atoms with Crippen LogP contribution in [-0.2, 0) is 6.54 Å². The minimum atomic E-state index is -0.183. The minimum absolute atomic E-state index is 0.183. The molecule has 0 saturated carbocycles. The lowest BCUT2D eigenvalue weighted by molar-refractivity contribution is 0.102. The first-order valence-electron chi connectivity index (χ1n) is 9.29. The fourth-order valence-corrected chi connectivity index (χ4v) is 2.88. The molecule has 6 nitrogen and oxygen atoms in total. The molecule has 2 N–H and O–H groups in total. The molecule has 1 heterocycles. The average Bonchev–Trinajstić information content (AvgIpc) is 2.74. The van der Waals surface area contributed by atoms with Crippen LogP contribution in [0.15, 0.2) is 54.7 Å². The maximum Gasteiger partial charge on any atom is 0.257 e. The molecule has 1 amide bonds. The smallest absolute Gasteiger partial charge is 0.257 e. The summed E-state index contributed by atoms with van der Waals surface area (Å²) < 4.78 is 10.6. The van der Waals surface area contributed by atoms with E-state index < -0.39 is 0 Å². The summed E-state index contributed by atoms with van der Waals surface area (Å²) in [5, 5.41) is 6.19. The molecule has 0 aliphatic carbocycles. The lowest BCUT2D eigenvalue weighted by Crippen LogP contribution is -2.13. The fourth-order valence-electron chi connectivity index (χ4n) is 2.88. The molecule has 1 aromatic heterocycles. The van der Waals surface area contributed by atoms with Crippen molar-refractivity contribution in [2.75, 3.05) is 24.9 Å². The number of ether oxygens (including phenoxy) is 2. The number of nitrogens with zero attached hydrogens (tertiary/aromatic N) is 1. The van der Waals surface area contributed by atoms with Gasteiger partial charge in [-0.05, 0) is 60.9 Å². The Balaban J connectivity index is 1.63. The van der Waals surface area contributed by atoms with Crippen molar-refractivity contribution in [1.82, 2.24) is 4.98 Å². The van der Waals surface area contributed by atoms with Crippen molar-refractivity contribution < 1.29 is 14.3 Å². The number of pyridine rings is 1. The molecule has 0 aliphatic heterocycles. The predicted molar refractivity (Wildman–Crippen MR) is 115 cm³/mol. The van der Waals surface area contributed by atoms with Crippen LogP contribution in [0, 0.1) is 13.8 Å². The first-order valence-corrected chi connectivity index (χ1v) is 9.29. The fraction of sp³-hybridized carbons (Fsp3) is 0.217. The summed E-state index contributed by atoms with van der Waals surface area (Å²) in [5.41, 5.74) is 4.46. The SMILES string of the molecule is COc1ccc(CNc2ccc(C(=O)Nc3cc(C)ccc3C)cn2)cc1OC. The van der Waals surface area contributed by atoms with Crippen LogP contribution in [0.2, 0.25) is 0 Å². The Morgan fingerprint density at radius 1 is 0.966 bits per heavy atom. The molecule has 6 heteroatoms. The highest BCUT2D eigenvalue weighted by Gasteiger charge is 2.09. The molecular formula is C23H25N3O3. The number of carbonyl (C=O) groups is 1. The summed E-state index contributed by atoms with van der Waals surface area (Å²) >= 11 is 0. The third kappa shape index (κ3) is 5.04. The maximum absolute atomic E-state index is 12.5. The Bertz CT molecular complexity index is 1000. The van der Waals surface area contributed by atoms with Crippen molar-refractivity contribution in [3.05, 3.63) is 77.0 Å². The summed E-state index contributed by atoms with van der Waals surface area (Å²) in [5.74, 6) is 1.87. The number of nitrogens with one attached hydrogen (secondary N) is 2. The number of carbonyl (C=O) groups excluding carboxylic acids is 1. The normalized spacial score (nSPS) is 10.3. The van der Waals surface area contributed by atoms with Gasteiger partial charge < -0.3 is 20.1 Å². The van der Waals surface area contributed by atoms with E-state index in [9.17, 15) is 4.79 Å². The maximum atomic E-state index is 12.5. The van der Waals surface area contributed by atoms with Crippen LogP contribution >= 0.6 is 0 Å². The van der Waals surface area contributed by atoms with Crippen LogP contribution in [0.1, 0.15) is 27.0 Å². The highest BCUT2D eigenvalue weighted by atomic mass is 16.5. The Hall–Kier alpha value is -3.54. The number of aryl methyl sites for hydroxylation is 2. The van der Waals surface area contributed by atoms with Crippen molar-refractivity contribution in [3.8, 4) is 11.5 Å². The molecule has 150 valence electrons. The standard InChI is InChI=1S/C23H25N3O3/c1-15-5-6-16(2)19(11-15)26-23(27)18-8-10-22(25-14-18)24-13-17-7-9-20(28-3)21(12-17)29-4/h5-12,14H,13H2,1-4H3,(H,24,25)(H,26,27). The number of hydrogen-bond donors (Lipinski definition) is 2. The third-order valence-corrected chi connectivity index (χ3v) is 4.59. The van der Waals surface area contributed by atoms with Crippen molar-refractivity contribution in [2.45, 2.75) is 20.4 Å². The molecule has 3 rings (SSSR count). The molecular weight excluding hydrogens is 366 g/mol. The largest absolute Gasteiger partial charge is 0.493 e. The van der Waals surface area contributed by atoms with Gasteiger partial charge in [-0.15, -0.1) is 0 Å². The summed E-state index contributed by atoms with van der Waals surface area (Å²) in [6.07, 6.45) is 1.57. The first kappa shape index (κ1) is 20.2. The topological polar surface area (TPSA) is 72.5 Å². The van der Waals surface area contributed by atoms with Crippen molar-refractivity contribution in [2.24, 2.45) is 0 Å². The van der Waals surface area contributed by atoms with E-state index in [0.717, 1.165) is 22.4 Å². The average molecular weight is 391 g/mol. The zero-order valence-corrected chi connectivity index (χ0v) is 17.1. The molecule has 29 heavy (non-hydrogen) atoms. The molecule has 0 unspecified atom stereocenters. The number of methoxy groups -OCH3 is 2. The van der Waals surface area contributed by atoms with E-state index in [4.69, 9.17) is 9.47 Å². The number of anilines is 2. The molecule has 0 atom stereocenters. The summed E-state index contributed by atoms with van der Waals surface area (Å²) in [4.78, 5) is 16.8. The minimum Gasteiger partial charge on any atom is -0.493 e.